The molecule has 0 saturated heterocycles. The van der Waals surface area contributed by atoms with Crippen LogP contribution in [0.4, 0.5) is 0 Å². The highest BCUT2D eigenvalue weighted by molar-refractivity contribution is 5.95. The second-order valence-electron chi connectivity index (χ2n) is 7.94. The van der Waals surface area contributed by atoms with Gasteiger partial charge in [0.2, 0.25) is 17.7 Å². The Morgan fingerprint density at radius 3 is 1.82 bits per heavy atom. The number of carboxylic acid groups (broad SMARTS) is 2. The van der Waals surface area contributed by atoms with Gasteiger partial charge in [-0.25, -0.2) is 4.79 Å². The van der Waals surface area contributed by atoms with Gasteiger partial charge in [-0.2, -0.15) is 0 Å². The molecule has 4 atom stereocenters. The van der Waals surface area contributed by atoms with Crippen LogP contribution < -0.4 is 21.7 Å². The highest BCUT2D eigenvalue weighted by atomic mass is 16.4. The van der Waals surface area contributed by atoms with Crippen molar-refractivity contribution in [1.82, 2.24) is 16.0 Å². The number of aliphatic hydroxyl groups excluding tert-OH is 1. The van der Waals surface area contributed by atoms with Crippen LogP contribution >= 0.6 is 0 Å². The Kier molecular flexibility index (Phi) is 10.9. The molecule has 0 radical (unpaired) electrons. The van der Waals surface area contributed by atoms with E-state index in [2.05, 4.69) is 16.0 Å². The summed E-state index contributed by atoms with van der Waals surface area (Å²) >= 11 is 0. The minimum Gasteiger partial charge on any atom is -0.508 e. The zero-order valence-corrected chi connectivity index (χ0v) is 18.7. The summed E-state index contributed by atoms with van der Waals surface area (Å²) in [5.74, 6) is -6.06. The number of carbonyl (C=O) groups excluding carboxylic acids is 3. The van der Waals surface area contributed by atoms with Gasteiger partial charge < -0.3 is 42.1 Å². The largest absolute Gasteiger partial charge is 0.508 e. The van der Waals surface area contributed by atoms with E-state index in [0.29, 0.717) is 5.56 Å². The lowest BCUT2D eigenvalue weighted by molar-refractivity contribution is -0.143. The number of carbonyl (C=O) groups is 5. The van der Waals surface area contributed by atoms with Crippen molar-refractivity contribution < 1.29 is 44.4 Å². The van der Waals surface area contributed by atoms with Crippen molar-refractivity contribution in [1.29, 1.82) is 0 Å². The molecule has 0 saturated carbocycles. The molecule has 0 bridgehead atoms. The van der Waals surface area contributed by atoms with Gasteiger partial charge in [0.15, 0.2) is 0 Å². The maximum atomic E-state index is 12.6. The lowest BCUT2D eigenvalue weighted by atomic mass is 10.0. The van der Waals surface area contributed by atoms with E-state index in [1.165, 1.54) is 24.3 Å². The zero-order valence-electron chi connectivity index (χ0n) is 18.7. The first-order valence-corrected chi connectivity index (χ1v) is 10.4. The quantitative estimate of drug-likeness (QED) is 0.153. The van der Waals surface area contributed by atoms with Gasteiger partial charge in [-0.05, 0) is 23.6 Å². The molecule has 1 aromatic carbocycles. The molecule has 34 heavy (non-hydrogen) atoms. The van der Waals surface area contributed by atoms with Crippen LogP contribution in [0.2, 0.25) is 0 Å². The molecule has 0 aliphatic heterocycles. The number of phenolic OH excluding ortho intramolecular Hbond substituents is 1. The number of hydrogen-bond acceptors (Lipinski definition) is 8. The number of nitrogens with one attached hydrogen (secondary N) is 3. The summed E-state index contributed by atoms with van der Waals surface area (Å²) in [4.78, 5) is 60.1. The van der Waals surface area contributed by atoms with E-state index in [0.717, 1.165) is 0 Å². The smallest absolute Gasteiger partial charge is 0.326 e. The van der Waals surface area contributed by atoms with Gasteiger partial charge in [-0.3, -0.25) is 19.2 Å². The maximum Gasteiger partial charge on any atom is 0.326 e. The fraction of sp³-hybridized carbons (Fsp3) is 0.476. The first-order chi connectivity index (χ1) is 15.8. The SMILES string of the molecule is CC(C)[C@H](N)C(=O)N[C@@H](CO)C(=O)N[C@@H](CC(=O)O)C(=O)N[C@@H](Cc1ccc(O)cc1)C(=O)O. The predicted molar refractivity (Wildman–Crippen MR) is 117 cm³/mol. The van der Waals surface area contributed by atoms with Crippen LogP contribution in [-0.4, -0.2) is 80.9 Å². The minimum absolute atomic E-state index is 0.0382. The van der Waals surface area contributed by atoms with E-state index in [1.807, 2.05) is 0 Å². The molecule has 13 nitrogen and oxygen atoms in total. The Morgan fingerprint density at radius 1 is 0.853 bits per heavy atom. The molecule has 0 spiro atoms. The Bertz CT molecular complexity index is 889. The molecule has 0 aliphatic rings. The summed E-state index contributed by atoms with van der Waals surface area (Å²) in [7, 11) is 0. The Hall–Kier alpha value is -3.71. The van der Waals surface area contributed by atoms with Crippen molar-refractivity contribution in [3.8, 4) is 5.75 Å². The molecule has 1 aromatic rings. The average Bonchev–Trinajstić information content (AvgIpc) is 2.76. The Morgan fingerprint density at radius 2 is 1.35 bits per heavy atom. The number of aliphatic carboxylic acids is 2. The topological polar surface area (TPSA) is 228 Å². The highest BCUT2D eigenvalue weighted by Gasteiger charge is 2.31. The number of benzene rings is 1. The molecule has 13 heteroatoms. The van der Waals surface area contributed by atoms with Crippen LogP contribution in [0.15, 0.2) is 24.3 Å². The zero-order chi connectivity index (χ0) is 26.0. The van der Waals surface area contributed by atoms with Gasteiger partial charge in [-0.1, -0.05) is 26.0 Å². The summed E-state index contributed by atoms with van der Waals surface area (Å²) in [6, 6.07) is -0.103. The number of carboxylic acids is 2. The summed E-state index contributed by atoms with van der Waals surface area (Å²) in [6.45, 7) is 2.48. The molecule has 9 N–H and O–H groups in total. The summed E-state index contributed by atoms with van der Waals surface area (Å²) in [5, 5.41) is 43.9. The van der Waals surface area contributed by atoms with Gasteiger partial charge in [0, 0.05) is 6.42 Å². The van der Waals surface area contributed by atoms with Gasteiger partial charge in [-0.15, -0.1) is 0 Å². The number of nitrogens with two attached hydrogens (primary N) is 1. The molecule has 0 unspecified atom stereocenters. The predicted octanol–water partition coefficient (Wildman–Crippen LogP) is -2.08. The number of phenols is 1. The van der Waals surface area contributed by atoms with Gasteiger partial charge >= 0.3 is 11.9 Å². The molecular formula is C21H30N4O9. The molecule has 1 rings (SSSR count). The van der Waals surface area contributed by atoms with Crippen LogP contribution in [0.1, 0.15) is 25.8 Å². The average molecular weight is 482 g/mol. The van der Waals surface area contributed by atoms with Crippen molar-refractivity contribution in [2.45, 2.75) is 50.9 Å². The van der Waals surface area contributed by atoms with E-state index in [4.69, 9.17) is 10.8 Å². The van der Waals surface area contributed by atoms with E-state index < -0.39 is 66.9 Å². The van der Waals surface area contributed by atoms with Gasteiger partial charge in [0.05, 0.1) is 19.1 Å². The van der Waals surface area contributed by atoms with Crippen LogP contribution in [0.25, 0.3) is 0 Å². The van der Waals surface area contributed by atoms with Gasteiger partial charge in [0.1, 0.15) is 23.9 Å². The standard InChI is InChI=1S/C21H30N4O9/c1-10(2)17(22)20(32)25-15(9-26)19(31)23-13(8-16(28)29)18(30)24-14(21(33)34)7-11-3-5-12(27)6-4-11/h3-6,10,13-15,17,26-27H,7-9,22H2,1-2H3,(H,23,31)(H,24,30)(H,25,32)(H,28,29)(H,33,34)/t13-,14-,15-,17-/m0/s1. The first kappa shape index (κ1) is 28.3. The van der Waals surface area contributed by atoms with E-state index >= 15 is 0 Å². The first-order valence-electron chi connectivity index (χ1n) is 10.4. The van der Waals surface area contributed by atoms with E-state index in [9.17, 15) is 39.3 Å². The number of aromatic hydroxyl groups is 1. The van der Waals surface area contributed by atoms with Crippen molar-refractivity contribution in [2.75, 3.05) is 6.61 Å². The van der Waals surface area contributed by atoms with Crippen LogP contribution in [0, 0.1) is 5.92 Å². The number of aliphatic hydroxyl groups is 1. The Balaban J connectivity index is 2.94. The molecule has 0 heterocycles. The third kappa shape index (κ3) is 9.03. The molecule has 188 valence electrons. The summed E-state index contributed by atoms with van der Waals surface area (Å²) < 4.78 is 0. The number of amides is 3. The van der Waals surface area contributed by atoms with Crippen molar-refractivity contribution in [3.05, 3.63) is 29.8 Å². The third-order valence-corrected chi connectivity index (χ3v) is 4.84. The normalized spacial score (nSPS) is 14.4. The summed E-state index contributed by atoms with van der Waals surface area (Å²) in [5.41, 5.74) is 6.16. The monoisotopic (exact) mass is 482 g/mol. The van der Waals surface area contributed by atoms with Crippen molar-refractivity contribution in [3.63, 3.8) is 0 Å². The fourth-order valence-electron chi connectivity index (χ4n) is 2.76. The molecule has 3 amide bonds. The minimum atomic E-state index is -1.70. The Labute approximate surface area is 195 Å². The lowest BCUT2D eigenvalue weighted by Gasteiger charge is -2.24. The molecule has 0 aliphatic carbocycles. The number of rotatable bonds is 13. The maximum absolute atomic E-state index is 12.6. The molecular weight excluding hydrogens is 452 g/mol. The van der Waals surface area contributed by atoms with Crippen LogP contribution in [-0.2, 0) is 30.4 Å². The van der Waals surface area contributed by atoms with E-state index in [1.54, 1.807) is 13.8 Å². The van der Waals surface area contributed by atoms with Crippen LogP contribution in [0.3, 0.4) is 0 Å². The lowest BCUT2D eigenvalue weighted by Crippen LogP contribution is -2.59. The van der Waals surface area contributed by atoms with Crippen molar-refractivity contribution >= 4 is 29.7 Å². The summed E-state index contributed by atoms with van der Waals surface area (Å²) in [6.07, 6.45) is -1.07. The van der Waals surface area contributed by atoms with Crippen molar-refractivity contribution in [2.24, 2.45) is 11.7 Å². The van der Waals surface area contributed by atoms with Crippen LogP contribution in [0.5, 0.6) is 5.75 Å². The second-order valence-corrected chi connectivity index (χ2v) is 7.94. The molecule has 0 fully saturated rings. The fourth-order valence-corrected chi connectivity index (χ4v) is 2.76. The second kappa shape index (κ2) is 13.1. The molecule has 0 aromatic heterocycles. The number of hydrogen-bond donors (Lipinski definition) is 8. The highest BCUT2D eigenvalue weighted by Crippen LogP contribution is 2.12. The van der Waals surface area contributed by atoms with Gasteiger partial charge in [0.25, 0.3) is 0 Å². The van der Waals surface area contributed by atoms with E-state index in [-0.39, 0.29) is 18.1 Å². The third-order valence-electron chi connectivity index (χ3n) is 4.84.